The van der Waals surface area contributed by atoms with Crippen molar-refractivity contribution in [2.75, 3.05) is 13.2 Å². The molecular weight excluding hydrogens is 164 g/mol. The van der Waals surface area contributed by atoms with Crippen molar-refractivity contribution in [2.24, 2.45) is 0 Å². The summed E-state index contributed by atoms with van der Waals surface area (Å²) >= 11 is 0. The maximum Gasteiger partial charge on any atom is 0.112 e. The third kappa shape index (κ3) is 2.54. The van der Waals surface area contributed by atoms with Gasteiger partial charge < -0.3 is 9.47 Å². The van der Waals surface area contributed by atoms with Crippen molar-refractivity contribution in [1.82, 2.24) is 0 Å². The van der Waals surface area contributed by atoms with Crippen LogP contribution < -0.4 is 0 Å². The van der Waals surface area contributed by atoms with Crippen LogP contribution in [0.1, 0.15) is 12.5 Å². The van der Waals surface area contributed by atoms with Crippen molar-refractivity contribution in [3.05, 3.63) is 35.9 Å². The molecule has 0 spiro atoms. The number of hydrogen-bond acceptors (Lipinski definition) is 2. The van der Waals surface area contributed by atoms with E-state index in [0.29, 0.717) is 13.2 Å². The summed E-state index contributed by atoms with van der Waals surface area (Å²) in [5.41, 5.74) is 1.22. The largest absolute Gasteiger partial charge is 0.374 e. The van der Waals surface area contributed by atoms with Crippen LogP contribution in [0.25, 0.3) is 0 Å². The molecule has 1 atom stereocenters. The molecule has 1 fully saturated rings. The Hall–Kier alpha value is -0.860. The van der Waals surface area contributed by atoms with Gasteiger partial charge in [0.2, 0.25) is 0 Å². The van der Waals surface area contributed by atoms with E-state index in [4.69, 9.17) is 9.47 Å². The van der Waals surface area contributed by atoms with E-state index in [1.165, 1.54) is 5.56 Å². The van der Waals surface area contributed by atoms with Crippen molar-refractivity contribution in [3.63, 3.8) is 0 Å². The molecule has 1 heterocycles. The summed E-state index contributed by atoms with van der Waals surface area (Å²) in [5.74, 6) is 0. The zero-order valence-corrected chi connectivity index (χ0v) is 7.82. The zero-order valence-electron chi connectivity index (χ0n) is 7.82. The molecule has 70 valence electrons. The number of ether oxygens (including phenoxy) is 2. The molecule has 2 heteroatoms. The predicted octanol–water partition coefficient (Wildman–Crippen LogP) is 1.99. The maximum absolute atomic E-state index is 5.52. The second-order valence-electron chi connectivity index (χ2n) is 3.72. The minimum Gasteiger partial charge on any atom is -0.374 e. The van der Waals surface area contributed by atoms with Crippen LogP contribution in [0.4, 0.5) is 0 Å². The number of benzene rings is 1. The van der Waals surface area contributed by atoms with Gasteiger partial charge in [0.25, 0.3) is 0 Å². The van der Waals surface area contributed by atoms with Crippen molar-refractivity contribution in [3.8, 4) is 0 Å². The van der Waals surface area contributed by atoms with Crippen LogP contribution in [0.2, 0.25) is 0 Å². The second kappa shape index (κ2) is 3.48. The average Bonchev–Trinajstić information content (AvgIpc) is 2.86. The van der Waals surface area contributed by atoms with Crippen LogP contribution in [0.3, 0.4) is 0 Å². The van der Waals surface area contributed by atoms with E-state index < -0.39 is 0 Å². The first-order valence-corrected chi connectivity index (χ1v) is 4.54. The first kappa shape index (κ1) is 8.73. The van der Waals surface area contributed by atoms with Gasteiger partial charge in [0.05, 0.1) is 19.8 Å². The third-order valence-electron chi connectivity index (χ3n) is 2.16. The second-order valence-corrected chi connectivity index (χ2v) is 3.72. The molecule has 2 nitrogen and oxygen atoms in total. The molecule has 0 saturated carbocycles. The molecule has 1 aromatic rings. The first-order chi connectivity index (χ1) is 6.29. The summed E-state index contributed by atoms with van der Waals surface area (Å²) < 4.78 is 10.7. The number of hydrogen-bond donors (Lipinski definition) is 0. The molecule has 13 heavy (non-hydrogen) atoms. The third-order valence-corrected chi connectivity index (χ3v) is 2.16. The highest BCUT2D eigenvalue weighted by molar-refractivity contribution is 5.13. The predicted molar refractivity (Wildman–Crippen MR) is 50.5 cm³/mol. The van der Waals surface area contributed by atoms with Crippen LogP contribution in [0.15, 0.2) is 30.3 Å². The molecule has 0 N–H and O–H groups in total. The molecule has 1 saturated heterocycles. The molecule has 0 bridgehead atoms. The van der Waals surface area contributed by atoms with Gasteiger partial charge in [-0.2, -0.15) is 0 Å². The summed E-state index contributed by atoms with van der Waals surface area (Å²) in [7, 11) is 0. The average molecular weight is 178 g/mol. The van der Waals surface area contributed by atoms with Gasteiger partial charge in [0, 0.05) is 0 Å². The Kier molecular flexibility index (Phi) is 2.34. The van der Waals surface area contributed by atoms with E-state index in [-0.39, 0.29) is 5.60 Å². The molecule has 2 rings (SSSR count). The van der Waals surface area contributed by atoms with Crippen molar-refractivity contribution < 1.29 is 9.47 Å². The van der Waals surface area contributed by atoms with Gasteiger partial charge >= 0.3 is 0 Å². The molecule has 0 radical (unpaired) electrons. The highest BCUT2D eigenvalue weighted by Gasteiger charge is 2.39. The Morgan fingerprint density at radius 2 is 2.08 bits per heavy atom. The zero-order chi connectivity index (χ0) is 9.15. The van der Waals surface area contributed by atoms with Crippen molar-refractivity contribution >= 4 is 0 Å². The van der Waals surface area contributed by atoms with E-state index >= 15 is 0 Å². The minimum atomic E-state index is 0.00871. The van der Waals surface area contributed by atoms with Crippen LogP contribution in [-0.2, 0) is 16.1 Å². The van der Waals surface area contributed by atoms with Crippen LogP contribution in [0, 0.1) is 0 Å². The lowest BCUT2D eigenvalue weighted by Crippen LogP contribution is -2.14. The molecule has 1 unspecified atom stereocenters. The van der Waals surface area contributed by atoms with Crippen LogP contribution in [-0.4, -0.2) is 18.8 Å². The standard InChI is InChI=1S/C11H14O2/c1-11(9-13-11)8-12-7-10-5-3-2-4-6-10/h2-6H,7-9H2,1H3. The fourth-order valence-electron chi connectivity index (χ4n) is 1.17. The van der Waals surface area contributed by atoms with Gasteiger partial charge in [-0.1, -0.05) is 30.3 Å². The molecule has 0 aromatic heterocycles. The summed E-state index contributed by atoms with van der Waals surface area (Å²) in [6.45, 7) is 4.28. The number of epoxide rings is 1. The highest BCUT2D eigenvalue weighted by atomic mass is 16.6. The van der Waals surface area contributed by atoms with E-state index in [1.807, 2.05) is 18.2 Å². The van der Waals surface area contributed by atoms with Gasteiger partial charge in [0.1, 0.15) is 5.60 Å². The van der Waals surface area contributed by atoms with E-state index in [9.17, 15) is 0 Å². The van der Waals surface area contributed by atoms with Crippen molar-refractivity contribution in [1.29, 1.82) is 0 Å². The fourth-order valence-corrected chi connectivity index (χ4v) is 1.17. The monoisotopic (exact) mass is 178 g/mol. The number of rotatable bonds is 4. The van der Waals surface area contributed by atoms with Crippen molar-refractivity contribution in [2.45, 2.75) is 19.1 Å². The molecule has 1 aliphatic rings. The van der Waals surface area contributed by atoms with E-state index in [1.54, 1.807) is 0 Å². The lowest BCUT2D eigenvalue weighted by atomic mass is 10.2. The maximum atomic E-state index is 5.52. The summed E-state index contributed by atoms with van der Waals surface area (Å²) in [6, 6.07) is 10.2. The van der Waals surface area contributed by atoms with Gasteiger partial charge in [-0.25, -0.2) is 0 Å². The van der Waals surface area contributed by atoms with Crippen LogP contribution in [0.5, 0.6) is 0 Å². The van der Waals surface area contributed by atoms with Gasteiger partial charge in [-0.15, -0.1) is 0 Å². The Morgan fingerprint density at radius 3 is 2.69 bits per heavy atom. The quantitative estimate of drug-likeness (QED) is 0.658. The molecule has 1 aliphatic heterocycles. The van der Waals surface area contributed by atoms with E-state index in [2.05, 4.69) is 19.1 Å². The first-order valence-electron chi connectivity index (χ1n) is 4.54. The van der Waals surface area contributed by atoms with Crippen LogP contribution >= 0.6 is 0 Å². The topological polar surface area (TPSA) is 21.8 Å². The molecule has 0 amide bonds. The summed E-state index contributed by atoms with van der Waals surface area (Å²) in [6.07, 6.45) is 0. The smallest absolute Gasteiger partial charge is 0.112 e. The molecular formula is C11H14O2. The summed E-state index contributed by atoms with van der Waals surface area (Å²) in [4.78, 5) is 0. The Labute approximate surface area is 78.5 Å². The fraction of sp³-hybridized carbons (Fsp3) is 0.455. The SMILES string of the molecule is CC1(COCc2ccccc2)CO1. The highest BCUT2D eigenvalue weighted by Crippen LogP contribution is 2.26. The summed E-state index contributed by atoms with van der Waals surface area (Å²) in [5, 5.41) is 0. The Morgan fingerprint density at radius 1 is 1.38 bits per heavy atom. The Balaban J connectivity index is 1.74. The van der Waals surface area contributed by atoms with Gasteiger partial charge in [-0.05, 0) is 12.5 Å². The lowest BCUT2D eigenvalue weighted by molar-refractivity contribution is 0.0742. The van der Waals surface area contributed by atoms with E-state index in [0.717, 1.165) is 6.61 Å². The van der Waals surface area contributed by atoms with Gasteiger partial charge in [0.15, 0.2) is 0 Å². The molecule has 0 aliphatic carbocycles. The minimum absolute atomic E-state index is 0.00871. The lowest BCUT2D eigenvalue weighted by Gasteiger charge is -2.06. The normalized spacial score (nSPS) is 25.9. The molecule has 1 aromatic carbocycles. The Bertz CT molecular complexity index is 265. The van der Waals surface area contributed by atoms with Gasteiger partial charge in [-0.3, -0.25) is 0 Å².